The van der Waals surface area contributed by atoms with Crippen molar-refractivity contribution in [3.05, 3.63) is 0 Å². The first-order valence-electron chi connectivity index (χ1n) is 21.4. The predicted octanol–water partition coefficient (Wildman–Crippen LogP) is 12.2. The minimum Gasteiger partial charge on any atom is -0.356 e. The summed E-state index contributed by atoms with van der Waals surface area (Å²) in [4.78, 5) is 24.5. The minimum atomic E-state index is -0.595. The van der Waals surface area contributed by atoms with Gasteiger partial charge in [-0.1, -0.05) is 213 Å². The van der Waals surface area contributed by atoms with Crippen LogP contribution in [0.2, 0.25) is 0 Å². The lowest BCUT2D eigenvalue weighted by Gasteiger charge is -2.12. The van der Waals surface area contributed by atoms with E-state index in [0.29, 0.717) is 19.4 Å². The molecular formula is C42H85N3O2. The van der Waals surface area contributed by atoms with E-state index in [2.05, 4.69) is 24.5 Å². The predicted molar refractivity (Wildman–Crippen MR) is 207 cm³/mol. The number of nitrogens with one attached hydrogen (secondary N) is 2. The Balaban J connectivity index is 3.36. The summed E-state index contributed by atoms with van der Waals surface area (Å²) in [5, 5.41) is 5.97. The Hall–Kier alpha value is -1.10. The second-order valence-corrected chi connectivity index (χ2v) is 14.7. The van der Waals surface area contributed by atoms with Gasteiger partial charge in [-0.2, -0.15) is 0 Å². The van der Waals surface area contributed by atoms with Crippen molar-refractivity contribution in [3.63, 3.8) is 0 Å². The molecule has 0 unspecified atom stereocenters. The first kappa shape index (κ1) is 45.9. The van der Waals surface area contributed by atoms with Crippen molar-refractivity contribution in [3.8, 4) is 0 Å². The first-order valence-corrected chi connectivity index (χ1v) is 21.4. The highest BCUT2D eigenvalue weighted by molar-refractivity contribution is 5.82. The molecule has 0 spiro atoms. The Morgan fingerprint density at radius 1 is 0.404 bits per heavy atom. The number of carbonyl (C=O) groups is 2. The van der Waals surface area contributed by atoms with Crippen LogP contribution in [0.15, 0.2) is 0 Å². The lowest BCUT2D eigenvalue weighted by Crippen LogP contribution is -2.41. The summed E-state index contributed by atoms with van der Waals surface area (Å²) in [7, 11) is 0. The third-order valence-electron chi connectivity index (χ3n) is 9.95. The van der Waals surface area contributed by atoms with E-state index in [1.807, 2.05) is 0 Å². The summed E-state index contributed by atoms with van der Waals surface area (Å²) in [6, 6.07) is -0.595. The van der Waals surface area contributed by atoms with E-state index < -0.39 is 6.04 Å². The molecule has 0 aliphatic heterocycles. The average molecular weight is 664 g/mol. The quantitative estimate of drug-likeness (QED) is 0.0572. The zero-order valence-corrected chi connectivity index (χ0v) is 32.1. The van der Waals surface area contributed by atoms with Crippen LogP contribution in [0.1, 0.15) is 239 Å². The molecule has 1 atom stereocenters. The molecule has 0 aliphatic rings. The maximum Gasteiger partial charge on any atom is 0.236 e. The number of unbranched alkanes of at least 4 members (excludes halogenated alkanes) is 31. The Kier molecular flexibility index (Phi) is 38.4. The van der Waals surface area contributed by atoms with Gasteiger partial charge in [0.1, 0.15) is 0 Å². The van der Waals surface area contributed by atoms with Crippen LogP contribution in [0.5, 0.6) is 0 Å². The van der Waals surface area contributed by atoms with E-state index in [1.165, 1.54) is 193 Å². The van der Waals surface area contributed by atoms with E-state index in [4.69, 9.17) is 5.73 Å². The van der Waals surface area contributed by atoms with Gasteiger partial charge in [0, 0.05) is 19.5 Å². The summed E-state index contributed by atoms with van der Waals surface area (Å²) >= 11 is 0. The van der Waals surface area contributed by atoms with E-state index in [9.17, 15) is 9.59 Å². The monoisotopic (exact) mass is 664 g/mol. The molecule has 0 fully saturated rings. The normalized spacial score (nSPS) is 12.0. The van der Waals surface area contributed by atoms with Crippen molar-refractivity contribution in [1.82, 2.24) is 10.6 Å². The maximum atomic E-state index is 12.3. The van der Waals surface area contributed by atoms with Crippen LogP contribution in [0, 0.1) is 0 Å². The van der Waals surface area contributed by atoms with E-state index in [1.54, 1.807) is 0 Å². The molecular weight excluding hydrogens is 578 g/mol. The third-order valence-corrected chi connectivity index (χ3v) is 9.95. The largest absolute Gasteiger partial charge is 0.356 e. The lowest BCUT2D eigenvalue weighted by atomic mass is 10.0. The number of amides is 2. The van der Waals surface area contributed by atoms with Crippen LogP contribution in [0.4, 0.5) is 0 Å². The molecule has 280 valence electrons. The van der Waals surface area contributed by atoms with Crippen molar-refractivity contribution < 1.29 is 9.59 Å². The average Bonchev–Trinajstić information content (AvgIpc) is 3.07. The molecule has 0 saturated carbocycles. The summed E-state index contributed by atoms with van der Waals surface area (Å²) in [6.07, 6.45) is 45.4. The van der Waals surface area contributed by atoms with Gasteiger partial charge in [-0.3, -0.25) is 9.59 Å². The Morgan fingerprint density at radius 3 is 0.957 bits per heavy atom. The molecule has 0 aliphatic carbocycles. The molecule has 2 amide bonds. The van der Waals surface area contributed by atoms with Crippen molar-refractivity contribution in [2.75, 3.05) is 13.1 Å². The van der Waals surface area contributed by atoms with Crippen LogP contribution in [0.3, 0.4) is 0 Å². The fraction of sp³-hybridized carbons (Fsp3) is 0.952. The molecule has 0 heterocycles. The Labute approximate surface area is 294 Å². The van der Waals surface area contributed by atoms with Crippen molar-refractivity contribution in [2.45, 2.75) is 245 Å². The second-order valence-electron chi connectivity index (χ2n) is 14.7. The van der Waals surface area contributed by atoms with E-state index in [-0.39, 0.29) is 11.8 Å². The molecule has 5 heteroatoms. The van der Waals surface area contributed by atoms with Crippen molar-refractivity contribution >= 4 is 11.8 Å². The summed E-state index contributed by atoms with van der Waals surface area (Å²) < 4.78 is 0. The number of rotatable bonds is 39. The van der Waals surface area contributed by atoms with Gasteiger partial charge in [0.05, 0.1) is 6.04 Å². The van der Waals surface area contributed by atoms with Gasteiger partial charge in [-0.25, -0.2) is 0 Å². The standard InChI is InChI=1S/C42H85N3O2/c1-3-5-7-9-11-13-15-17-19-21-23-25-27-29-31-33-35-39-45-42(47)40(43)36-37-41(46)44-38-34-32-30-28-26-24-22-20-18-16-14-12-10-8-6-4-2/h40H,3-39,43H2,1-2H3,(H,44,46)(H,45,47)/t40-/m1/s1. The fourth-order valence-corrected chi connectivity index (χ4v) is 6.60. The molecule has 0 aromatic rings. The number of nitrogens with two attached hydrogens (primary N) is 1. The topological polar surface area (TPSA) is 84.2 Å². The molecule has 47 heavy (non-hydrogen) atoms. The summed E-state index contributed by atoms with van der Waals surface area (Å²) in [6.45, 7) is 5.99. The highest BCUT2D eigenvalue weighted by Crippen LogP contribution is 2.15. The van der Waals surface area contributed by atoms with Gasteiger partial charge < -0.3 is 16.4 Å². The molecule has 4 N–H and O–H groups in total. The van der Waals surface area contributed by atoms with Crippen LogP contribution in [-0.4, -0.2) is 30.9 Å². The molecule has 0 bridgehead atoms. The SMILES string of the molecule is CCCCCCCCCCCCCCCCCCCNC(=O)[C@H](N)CCC(=O)NCCCCCCCCCCCCCCCCCC. The molecule has 0 saturated heterocycles. The van der Waals surface area contributed by atoms with Gasteiger partial charge in [-0.15, -0.1) is 0 Å². The van der Waals surface area contributed by atoms with Crippen molar-refractivity contribution in [2.24, 2.45) is 5.73 Å². The zero-order chi connectivity index (χ0) is 34.3. The minimum absolute atomic E-state index is 0.0161. The van der Waals surface area contributed by atoms with Gasteiger partial charge in [-0.05, 0) is 19.3 Å². The van der Waals surface area contributed by atoms with E-state index >= 15 is 0 Å². The smallest absolute Gasteiger partial charge is 0.236 e. The van der Waals surface area contributed by atoms with E-state index in [0.717, 1.165) is 25.8 Å². The highest BCUT2D eigenvalue weighted by atomic mass is 16.2. The van der Waals surface area contributed by atoms with Gasteiger partial charge >= 0.3 is 0 Å². The second kappa shape index (κ2) is 39.3. The molecule has 0 radical (unpaired) electrons. The highest BCUT2D eigenvalue weighted by Gasteiger charge is 2.14. The molecule has 0 rings (SSSR count). The summed E-state index contributed by atoms with van der Waals surface area (Å²) in [5.74, 6) is -0.102. The van der Waals surface area contributed by atoms with Crippen LogP contribution in [0.25, 0.3) is 0 Å². The van der Waals surface area contributed by atoms with Crippen LogP contribution < -0.4 is 16.4 Å². The number of hydrogen-bond acceptors (Lipinski definition) is 3. The zero-order valence-electron chi connectivity index (χ0n) is 32.1. The number of hydrogen-bond donors (Lipinski definition) is 3. The third kappa shape index (κ3) is 37.6. The first-order chi connectivity index (χ1) is 23.1. The molecule has 5 nitrogen and oxygen atoms in total. The fourth-order valence-electron chi connectivity index (χ4n) is 6.60. The van der Waals surface area contributed by atoms with Gasteiger partial charge in [0.25, 0.3) is 0 Å². The van der Waals surface area contributed by atoms with Crippen LogP contribution >= 0.6 is 0 Å². The number of carbonyl (C=O) groups excluding carboxylic acids is 2. The van der Waals surface area contributed by atoms with Crippen LogP contribution in [-0.2, 0) is 9.59 Å². The molecule has 0 aromatic heterocycles. The Morgan fingerprint density at radius 2 is 0.660 bits per heavy atom. The Bertz CT molecular complexity index is 641. The summed E-state index contributed by atoms with van der Waals surface area (Å²) in [5.41, 5.74) is 6.04. The molecule has 0 aromatic carbocycles. The van der Waals surface area contributed by atoms with Gasteiger partial charge in [0.2, 0.25) is 11.8 Å². The maximum absolute atomic E-state index is 12.3. The lowest BCUT2D eigenvalue weighted by molar-refractivity contribution is -0.123. The van der Waals surface area contributed by atoms with Crippen molar-refractivity contribution in [1.29, 1.82) is 0 Å². The van der Waals surface area contributed by atoms with Gasteiger partial charge in [0.15, 0.2) is 0 Å².